The van der Waals surface area contributed by atoms with Crippen molar-refractivity contribution in [3.05, 3.63) is 41.8 Å². The van der Waals surface area contributed by atoms with Gasteiger partial charge >= 0.3 is 11.6 Å². The van der Waals surface area contributed by atoms with Crippen molar-refractivity contribution in [2.45, 2.75) is 30.9 Å². The second-order valence-corrected chi connectivity index (χ2v) is 10.9. The number of fused-ring (bicyclic) bond motifs is 2. The summed E-state index contributed by atoms with van der Waals surface area (Å²) in [5, 5.41) is 18.5. The fourth-order valence-corrected chi connectivity index (χ4v) is 6.41. The van der Waals surface area contributed by atoms with E-state index in [0.29, 0.717) is 17.0 Å². The van der Waals surface area contributed by atoms with Crippen LogP contribution in [0.1, 0.15) is 12.2 Å². The van der Waals surface area contributed by atoms with Gasteiger partial charge in [-0.05, 0) is 37.1 Å². The van der Waals surface area contributed by atoms with Crippen LogP contribution in [-0.4, -0.2) is 90.0 Å². The third kappa shape index (κ3) is 5.57. The van der Waals surface area contributed by atoms with E-state index in [1.54, 1.807) is 6.33 Å². The number of pyridine rings is 1. The molecule has 3 aromatic rings. The summed E-state index contributed by atoms with van der Waals surface area (Å²) in [6.07, 6.45) is 4.49. The van der Waals surface area contributed by atoms with Gasteiger partial charge in [0, 0.05) is 29.4 Å². The van der Waals surface area contributed by atoms with E-state index in [0.717, 1.165) is 36.6 Å². The first-order valence-electron chi connectivity index (χ1n) is 12.4. The van der Waals surface area contributed by atoms with Crippen molar-refractivity contribution in [3.8, 4) is 0 Å². The number of carbonyl (C=O) groups excluding carboxylic acids is 2. The quantitative estimate of drug-likeness (QED) is 0.0681. The van der Waals surface area contributed by atoms with Crippen LogP contribution in [0, 0.1) is 0 Å². The Kier molecular flexibility index (Phi) is 8.41. The summed E-state index contributed by atoms with van der Waals surface area (Å²) in [6, 6.07) is 2.77. The largest absolute Gasteiger partial charge is 0.477 e. The lowest BCUT2D eigenvalue weighted by Gasteiger charge is -2.49. The van der Waals surface area contributed by atoms with Gasteiger partial charge in [-0.3, -0.25) is 14.5 Å². The summed E-state index contributed by atoms with van der Waals surface area (Å²) in [5.74, 6) is -2.66. The minimum atomic E-state index is -1.30. The number of β-lactam (4-membered cyclic amide) rings is 1. The van der Waals surface area contributed by atoms with E-state index < -0.39 is 41.8 Å². The number of aryl methyl sites for hydroxylation is 1. The number of imidazole rings is 1. The first-order chi connectivity index (χ1) is 19.8. The average Bonchev–Trinajstić information content (AvgIpc) is 3.58. The van der Waals surface area contributed by atoms with Crippen molar-refractivity contribution >= 4 is 63.1 Å². The van der Waals surface area contributed by atoms with Crippen LogP contribution in [0.15, 0.2) is 41.1 Å². The van der Waals surface area contributed by atoms with Crippen LogP contribution in [0.3, 0.4) is 0 Å². The van der Waals surface area contributed by atoms with Gasteiger partial charge in [0.2, 0.25) is 17.9 Å². The van der Waals surface area contributed by atoms with Crippen molar-refractivity contribution in [3.63, 3.8) is 0 Å². The molecule has 3 aromatic heterocycles. The Hall–Kier alpha value is -4.16. The zero-order valence-electron chi connectivity index (χ0n) is 21.7. The van der Waals surface area contributed by atoms with Gasteiger partial charge < -0.3 is 30.9 Å². The SMILES string of the molecule is CNCCCn1cnc2c1ccc[n+]2CC1=C(C(=O)O)N2C(=O)[C@@H](NC(=O)/C(=N\OCF)c3nsc(N)n3)[C@H]2SC1. The van der Waals surface area contributed by atoms with Gasteiger partial charge in [-0.15, -0.1) is 11.8 Å². The van der Waals surface area contributed by atoms with Crippen molar-refractivity contribution in [1.29, 1.82) is 0 Å². The second kappa shape index (κ2) is 12.1. The molecule has 2 atom stereocenters. The fraction of sp³-hybridized carbons (Fsp3) is 0.391. The molecule has 216 valence electrons. The summed E-state index contributed by atoms with van der Waals surface area (Å²) in [6.45, 7) is 0.542. The Morgan fingerprint density at radius 3 is 2.95 bits per heavy atom. The van der Waals surface area contributed by atoms with Crippen LogP contribution in [0.2, 0.25) is 0 Å². The van der Waals surface area contributed by atoms with Crippen molar-refractivity contribution in [2.24, 2.45) is 5.16 Å². The van der Waals surface area contributed by atoms with Gasteiger partial charge in [0.1, 0.15) is 29.2 Å². The van der Waals surface area contributed by atoms with Crippen molar-refractivity contribution in [1.82, 2.24) is 34.4 Å². The summed E-state index contributed by atoms with van der Waals surface area (Å²) >= 11 is 2.11. The Morgan fingerprint density at radius 1 is 1.41 bits per heavy atom. The van der Waals surface area contributed by atoms with E-state index in [1.165, 1.54) is 16.7 Å². The number of nitrogens with two attached hydrogens (primary N) is 1. The molecule has 1 fully saturated rings. The highest BCUT2D eigenvalue weighted by Crippen LogP contribution is 2.40. The molecule has 0 aromatic carbocycles. The number of alkyl halides is 1. The molecule has 18 heteroatoms. The number of anilines is 1. The van der Waals surface area contributed by atoms with Gasteiger partial charge in [0.15, 0.2) is 5.13 Å². The molecule has 0 unspecified atom stereocenters. The minimum Gasteiger partial charge on any atom is -0.477 e. The normalized spacial score (nSPS) is 18.8. The monoisotopic (exact) mass is 605 g/mol. The molecule has 2 aliphatic rings. The smallest absolute Gasteiger partial charge is 0.352 e. The molecule has 41 heavy (non-hydrogen) atoms. The maximum absolute atomic E-state index is 13.2. The lowest BCUT2D eigenvalue weighted by Crippen LogP contribution is -2.71. The first-order valence-corrected chi connectivity index (χ1v) is 14.2. The molecule has 15 nitrogen and oxygen atoms in total. The lowest BCUT2D eigenvalue weighted by molar-refractivity contribution is -0.664. The van der Waals surface area contributed by atoms with Crippen LogP contribution >= 0.6 is 23.3 Å². The number of carbonyl (C=O) groups is 3. The number of carboxylic acids is 1. The summed E-state index contributed by atoms with van der Waals surface area (Å²) in [7, 11) is 1.89. The zero-order valence-corrected chi connectivity index (χ0v) is 23.3. The first kappa shape index (κ1) is 28.4. The molecule has 0 saturated carbocycles. The van der Waals surface area contributed by atoms with Crippen LogP contribution < -0.4 is 20.9 Å². The van der Waals surface area contributed by atoms with E-state index in [2.05, 4.69) is 35.0 Å². The number of rotatable bonds is 12. The number of nitrogens with one attached hydrogen (secondary N) is 2. The van der Waals surface area contributed by atoms with Crippen molar-refractivity contribution in [2.75, 3.05) is 31.9 Å². The van der Waals surface area contributed by atoms with Crippen LogP contribution in [0.25, 0.3) is 11.2 Å². The fourth-order valence-electron chi connectivity index (χ4n) is 4.64. The van der Waals surface area contributed by atoms with Crippen LogP contribution in [-0.2, 0) is 32.3 Å². The Morgan fingerprint density at radius 2 is 2.24 bits per heavy atom. The lowest BCUT2D eigenvalue weighted by atomic mass is 10.0. The molecular weight excluding hydrogens is 579 g/mol. The van der Waals surface area contributed by atoms with E-state index in [-0.39, 0.29) is 23.2 Å². The average molecular weight is 606 g/mol. The number of aromatic nitrogens is 5. The van der Waals surface area contributed by atoms with Gasteiger partial charge in [-0.2, -0.15) is 9.36 Å². The van der Waals surface area contributed by atoms with E-state index >= 15 is 0 Å². The third-order valence-electron chi connectivity index (χ3n) is 6.45. The highest BCUT2D eigenvalue weighted by atomic mass is 32.2. The number of halogens is 1. The van der Waals surface area contributed by atoms with Crippen molar-refractivity contribution < 1.29 is 33.3 Å². The minimum absolute atomic E-state index is 0.0485. The van der Waals surface area contributed by atoms with E-state index in [1.807, 2.05) is 34.5 Å². The summed E-state index contributed by atoms with van der Waals surface area (Å²) in [4.78, 5) is 52.4. The molecule has 0 bridgehead atoms. The predicted octanol–water partition coefficient (Wildman–Crippen LogP) is -0.546. The van der Waals surface area contributed by atoms with E-state index in [4.69, 9.17) is 5.73 Å². The molecular formula is C23H26FN10O5S2+. The van der Waals surface area contributed by atoms with Gasteiger partial charge in [0.05, 0.1) is 6.20 Å². The van der Waals surface area contributed by atoms with Gasteiger partial charge in [-0.1, -0.05) is 5.16 Å². The third-order valence-corrected chi connectivity index (χ3v) is 8.33. The molecule has 5 rings (SSSR count). The van der Waals surface area contributed by atoms with Gasteiger partial charge in [-0.25, -0.2) is 13.8 Å². The maximum Gasteiger partial charge on any atom is 0.352 e. The Labute approximate surface area is 240 Å². The molecule has 5 heterocycles. The number of hydrogen-bond donors (Lipinski definition) is 4. The molecule has 0 spiro atoms. The topological polar surface area (TPSA) is 194 Å². The maximum atomic E-state index is 13.2. The number of aliphatic carboxylic acids is 1. The van der Waals surface area contributed by atoms with Crippen LogP contribution in [0.5, 0.6) is 0 Å². The number of carboxylic acid groups (broad SMARTS) is 1. The molecule has 5 N–H and O–H groups in total. The standard InChI is InChI=1S/C23H25FN10O5S2/c1-26-5-3-7-33-11-27-18-13(33)4-2-6-32(18)8-12-9-40-21-15(20(36)34(21)16(12)22(37)38)28-19(35)14(30-39-10-24)17-29-23(25)41-31-17/h2,4,6,11,15,21,26H,3,5,7-10H2,1H3,(H3-,25,28,29,31,35,37,38)/p+1/b30-14-/t15-,21-/m1/s1. The summed E-state index contributed by atoms with van der Waals surface area (Å²) < 4.78 is 20.3. The van der Waals surface area contributed by atoms with Gasteiger partial charge in [0.25, 0.3) is 18.7 Å². The molecule has 2 amide bonds. The predicted molar refractivity (Wildman–Crippen MR) is 146 cm³/mol. The number of oxime groups is 1. The van der Waals surface area contributed by atoms with E-state index in [9.17, 15) is 23.9 Å². The number of amides is 2. The molecule has 1 saturated heterocycles. The molecule has 0 aliphatic carbocycles. The number of nitrogens with zero attached hydrogens (tertiary/aromatic N) is 7. The number of hydrogen-bond acceptors (Lipinski definition) is 12. The number of nitrogen functional groups attached to an aromatic ring is 1. The molecule has 2 aliphatic heterocycles. The van der Waals surface area contributed by atoms with Crippen LogP contribution in [0.4, 0.5) is 9.52 Å². The Balaban J connectivity index is 1.35. The molecule has 0 radical (unpaired) electrons. The summed E-state index contributed by atoms with van der Waals surface area (Å²) in [5.41, 5.74) is 7.11. The highest BCUT2D eigenvalue weighted by Gasteiger charge is 2.54. The Bertz CT molecular complexity index is 1560. The number of thioether (sulfide) groups is 1. The highest BCUT2D eigenvalue weighted by molar-refractivity contribution is 8.00. The second-order valence-electron chi connectivity index (χ2n) is 8.99. The zero-order chi connectivity index (χ0) is 29.1.